The van der Waals surface area contributed by atoms with Crippen LogP contribution >= 0.6 is 0 Å². The number of carbonyl (C=O) groups excluding carboxylic acids is 1. The van der Waals surface area contributed by atoms with Crippen molar-refractivity contribution < 1.29 is 9.53 Å². The quantitative estimate of drug-likeness (QED) is 0.681. The normalized spacial score (nSPS) is 33.1. The van der Waals surface area contributed by atoms with Gasteiger partial charge in [0, 0.05) is 13.1 Å². The lowest BCUT2D eigenvalue weighted by atomic mass is 9.56. The van der Waals surface area contributed by atoms with Gasteiger partial charge in [-0.2, -0.15) is 5.10 Å². The summed E-state index contributed by atoms with van der Waals surface area (Å²) in [5.74, 6) is 3.42. The van der Waals surface area contributed by atoms with Crippen molar-refractivity contribution in [2.24, 2.45) is 36.1 Å². The van der Waals surface area contributed by atoms with Gasteiger partial charge < -0.3 is 10.1 Å². The van der Waals surface area contributed by atoms with Gasteiger partial charge in [-0.05, 0) is 81.0 Å². The minimum absolute atomic E-state index is 0.0384. The van der Waals surface area contributed by atoms with Crippen LogP contribution in [0, 0.1) is 29.1 Å². The number of aryl methyl sites for hydroxylation is 1. The van der Waals surface area contributed by atoms with Crippen LogP contribution in [0.5, 0.6) is 5.88 Å². The Morgan fingerprint density at radius 3 is 2.77 bits per heavy atom. The zero-order chi connectivity index (χ0) is 21.3. The second kappa shape index (κ2) is 8.92. The molecule has 3 aliphatic rings. The van der Waals surface area contributed by atoms with Crippen LogP contribution in [-0.4, -0.2) is 28.3 Å². The van der Waals surface area contributed by atoms with Crippen LogP contribution in [0.2, 0.25) is 0 Å². The molecule has 1 N–H and O–H groups in total. The third kappa shape index (κ3) is 4.86. The SMILES string of the molecule is CC1CC2CC(C(C)NC(=O)c3cnn(C)c3OCC3CCCCC3)CC(C)(C1)C2. The van der Waals surface area contributed by atoms with E-state index in [1.807, 2.05) is 7.05 Å². The van der Waals surface area contributed by atoms with Crippen LogP contribution in [-0.2, 0) is 7.05 Å². The van der Waals surface area contributed by atoms with Crippen molar-refractivity contribution >= 4 is 5.91 Å². The molecule has 30 heavy (non-hydrogen) atoms. The molecule has 5 unspecified atom stereocenters. The molecule has 5 nitrogen and oxygen atoms in total. The average molecular weight is 416 g/mol. The Bertz CT molecular complexity index is 735. The maximum absolute atomic E-state index is 13.1. The van der Waals surface area contributed by atoms with E-state index in [0.717, 1.165) is 11.8 Å². The number of fused-ring (bicyclic) bond motifs is 2. The summed E-state index contributed by atoms with van der Waals surface area (Å²) >= 11 is 0. The lowest BCUT2D eigenvalue weighted by molar-refractivity contribution is 0.0172. The number of hydrogen-bond donors (Lipinski definition) is 1. The first kappa shape index (κ1) is 21.7. The van der Waals surface area contributed by atoms with Crippen LogP contribution in [0.4, 0.5) is 0 Å². The van der Waals surface area contributed by atoms with Crippen molar-refractivity contribution in [2.75, 3.05) is 6.61 Å². The van der Waals surface area contributed by atoms with Gasteiger partial charge in [-0.3, -0.25) is 4.79 Å². The molecule has 3 saturated carbocycles. The molecular weight excluding hydrogens is 374 g/mol. The predicted octanol–water partition coefficient (Wildman–Crippen LogP) is 5.35. The highest BCUT2D eigenvalue weighted by atomic mass is 16.5. The van der Waals surface area contributed by atoms with Gasteiger partial charge in [0.25, 0.3) is 5.91 Å². The largest absolute Gasteiger partial charge is 0.477 e. The molecule has 0 aliphatic heterocycles. The maximum atomic E-state index is 13.1. The maximum Gasteiger partial charge on any atom is 0.258 e. The minimum Gasteiger partial charge on any atom is -0.477 e. The number of carbonyl (C=O) groups is 1. The number of nitrogens with zero attached hydrogens (tertiary/aromatic N) is 2. The Morgan fingerprint density at radius 1 is 1.27 bits per heavy atom. The van der Waals surface area contributed by atoms with Gasteiger partial charge >= 0.3 is 0 Å². The first-order valence-electron chi connectivity index (χ1n) is 12.3. The van der Waals surface area contributed by atoms with Gasteiger partial charge in [0.15, 0.2) is 0 Å². The number of ether oxygens (including phenoxy) is 1. The molecule has 3 aliphatic carbocycles. The lowest BCUT2D eigenvalue weighted by Crippen LogP contribution is -2.46. The zero-order valence-corrected chi connectivity index (χ0v) is 19.5. The smallest absolute Gasteiger partial charge is 0.258 e. The molecule has 1 amide bonds. The van der Waals surface area contributed by atoms with E-state index in [2.05, 4.69) is 31.2 Å². The third-order valence-electron chi connectivity index (χ3n) is 8.12. The molecule has 0 radical (unpaired) electrons. The molecule has 4 rings (SSSR count). The predicted molar refractivity (Wildman–Crippen MR) is 120 cm³/mol. The fourth-order valence-corrected chi connectivity index (χ4v) is 6.94. The van der Waals surface area contributed by atoms with Crippen molar-refractivity contribution in [2.45, 2.75) is 91.0 Å². The summed E-state index contributed by atoms with van der Waals surface area (Å²) in [6.07, 6.45) is 14.6. The molecule has 0 saturated heterocycles. The van der Waals surface area contributed by atoms with Gasteiger partial charge in [0.1, 0.15) is 5.56 Å². The van der Waals surface area contributed by atoms with Gasteiger partial charge in [-0.1, -0.05) is 33.1 Å². The summed E-state index contributed by atoms with van der Waals surface area (Å²) in [4.78, 5) is 13.1. The van der Waals surface area contributed by atoms with Crippen LogP contribution in [0.15, 0.2) is 6.20 Å². The molecule has 3 fully saturated rings. The van der Waals surface area contributed by atoms with Crippen LogP contribution < -0.4 is 10.1 Å². The number of rotatable bonds is 6. The summed E-state index contributed by atoms with van der Waals surface area (Å²) in [7, 11) is 1.86. The summed E-state index contributed by atoms with van der Waals surface area (Å²) < 4.78 is 7.83. The Balaban J connectivity index is 1.37. The number of nitrogens with one attached hydrogen (secondary N) is 1. The van der Waals surface area contributed by atoms with E-state index in [1.165, 1.54) is 64.2 Å². The number of aromatic nitrogens is 2. The summed E-state index contributed by atoms with van der Waals surface area (Å²) in [5.41, 5.74) is 1.03. The van der Waals surface area contributed by atoms with E-state index in [9.17, 15) is 4.79 Å². The minimum atomic E-state index is -0.0384. The van der Waals surface area contributed by atoms with E-state index < -0.39 is 0 Å². The standard InChI is InChI=1S/C25H41N3O2/c1-17-10-20-11-21(14-25(3,12-17)13-20)18(2)27-23(29)22-15-26-28(4)24(22)30-16-19-8-6-5-7-9-19/h15,17-21H,5-14,16H2,1-4H3,(H,27,29). The molecular formula is C25H41N3O2. The highest BCUT2D eigenvalue weighted by Crippen LogP contribution is 2.53. The van der Waals surface area contributed by atoms with E-state index in [4.69, 9.17) is 4.74 Å². The van der Waals surface area contributed by atoms with Crippen molar-refractivity contribution in [3.8, 4) is 5.88 Å². The Hall–Kier alpha value is -1.52. The summed E-state index contributed by atoms with van der Waals surface area (Å²) in [6, 6.07) is 0.180. The summed E-state index contributed by atoms with van der Waals surface area (Å²) in [6.45, 7) is 7.76. The van der Waals surface area contributed by atoms with Crippen molar-refractivity contribution in [3.63, 3.8) is 0 Å². The van der Waals surface area contributed by atoms with Crippen molar-refractivity contribution in [1.29, 1.82) is 0 Å². The van der Waals surface area contributed by atoms with E-state index in [-0.39, 0.29) is 11.9 Å². The van der Waals surface area contributed by atoms with Gasteiger partial charge in [-0.15, -0.1) is 0 Å². The Kier molecular flexibility index (Phi) is 6.45. The monoisotopic (exact) mass is 415 g/mol. The molecule has 168 valence electrons. The van der Waals surface area contributed by atoms with E-state index in [1.54, 1.807) is 10.9 Å². The van der Waals surface area contributed by atoms with Crippen LogP contribution in [0.25, 0.3) is 0 Å². The van der Waals surface area contributed by atoms with Crippen molar-refractivity contribution in [3.05, 3.63) is 11.8 Å². The van der Waals surface area contributed by atoms with Crippen molar-refractivity contribution in [1.82, 2.24) is 15.1 Å². The molecule has 5 heteroatoms. The van der Waals surface area contributed by atoms with E-state index in [0.29, 0.717) is 35.3 Å². The zero-order valence-electron chi connectivity index (χ0n) is 19.5. The van der Waals surface area contributed by atoms with Crippen LogP contribution in [0.3, 0.4) is 0 Å². The highest BCUT2D eigenvalue weighted by molar-refractivity contribution is 5.96. The van der Waals surface area contributed by atoms with Gasteiger partial charge in [0.05, 0.1) is 12.8 Å². The molecule has 0 aromatic carbocycles. The Labute approximate surface area is 182 Å². The third-order valence-corrected chi connectivity index (χ3v) is 8.12. The summed E-state index contributed by atoms with van der Waals surface area (Å²) in [5, 5.41) is 7.62. The topological polar surface area (TPSA) is 56.2 Å². The van der Waals surface area contributed by atoms with E-state index >= 15 is 0 Å². The first-order chi connectivity index (χ1) is 14.3. The Morgan fingerprint density at radius 2 is 2.03 bits per heavy atom. The molecule has 1 aromatic rings. The molecule has 1 aromatic heterocycles. The molecule has 1 heterocycles. The first-order valence-corrected chi connectivity index (χ1v) is 12.3. The van der Waals surface area contributed by atoms with Crippen LogP contribution in [0.1, 0.15) is 95.3 Å². The lowest BCUT2D eigenvalue weighted by Gasteiger charge is -2.50. The second-order valence-corrected chi connectivity index (χ2v) is 11.2. The fraction of sp³-hybridized carbons (Fsp3) is 0.840. The number of hydrogen-bond acceptors (Lipinski definition) is 3. The van der Waals surface area contributed by atoms with Gasteiger partial charge in [-0.25, -0.2) is 4.68 Å². The van der Waals surface area contributed by atoms with Gasteiger partial charge in [0.2, 0.25) is 5.88 Å². The number of amides is 1. The average Bonchev–Trinajstić information content (AvgIpc) is 3.06. The second-order valence-electron chi connectivity index (χ2n) is 11.2. The molecule has 2 bridgehead atoms. The fourth-order valence-electron chi connectivity index (χ4n) is 6.94. The molecule has 0 spiro atoms. The molecule has 5 atom stereocenters. The highest BCUT2D eigenvalue weighted by Gasteiger charge is 2.43.